The molecule has 108 valence electrons. The van der Waals surface area contributed by atoms with Crippen LogP contribution < -0.4 is 10.0 Å². The molecular weight excluding hydrogens is 264 g/mol. The van der Waals surface area contributed by atoms with E-state index in [-0.39, 0.29) is 16.4 Å². The molecule has 0 aromatic carbocycles. The summed E-state index contributed by atoms with van der Waals surface area (Å²) in [5.41, 5.74) is 0.991. The van der Waals surface area contributed by atoms with E-state index in [1.165, 1.54) is 0 Å². The molecule has 7 heteroatoms. The van der Waals surface area contributed by atoms with E-state index in [9.17, 15) is 8.42 Å². The predicted octanol–water partition coefficient (Wildman–Crippen LogP) is 0.693. The number of aryl methyl sites for hydroxylation is 2. The van der Waals surface area contributed by atoms with Crippen LogP contribution in [0.5, 0.6) is 0 Å². The molecule has 3 N–H and O–H groups in total. The van der Waals surface area contributed by atoms with Crippen LogP contribution in [0.4, 0.5) is 0 Å². The van der Waals surface area contributed by atoms with Gasteiger partial charge in [0.2, 0.25) is 10.0 Å². The van der Waals surface area contributed by atoms with Crippen molar-refractivity contribution in [2.75, 3.05) is 13.1 Å². The van der Waals surface area contributed by atoms with E-state index in [0.29, 0.717) is 11.4 Å². The predicted molar refractivity (Wildman–Crippen MR) is 73.4 cm³/mol. The first-order valence-electron chi connectivity index (χ1n) is 6.49. The van der Waals surface area contributed by atoms with Crippen molar-refractivity contribution in [1.29, 1.82) is 0 Å². The van der Waals surface area contributed by atoms with Gasteiger partial charge in [-0.2, -0.15) is 5.10 Å². The van der Waals surface area contributed by atoms with E-state index in [1.807, 2.05) is 0 Å². The molecule has 1 atom stereocenters. The van der Waals surface area contributed by atoms with Crippen LogP contribution in [-0.4, -0.2) is 37.7 Å². The van der Waals surface area contributed by atoms with Gasteiger partial charge in [0.1, 0.15) is 4.90 Å². The summed E-state index contributed by atoms with van der Waals surface area (Å²) in [5.74, 6) is 0. The molecule has 2 heterocycles. The lowest BCUT2D eigenvalue weighted by molar-refractivity contribution is 0.206. The summed E-state index contributed by atoms with van der Waals surface area (Å²) in [6.07, 6.45) is 0.794. The van der Waals surface area contributed by atoms with E-state index in [1.54, 1.807) is 13.8 Å². The maximum absolute atomic E-state index is 12.5. The van der Waals surface area contributed by atoms with Gasteiger partial charge in [0, 0.05) is 12.6 Å². The minimum atomic E-state index is -3.52. The molecule has 19 heavy (non-hydrogen) atoms. The van der Waals surface area contributed by atoms with Crippen molar-refractivity contribution < 1.29 is 8.42 Å². The average molecular weight is 286 g/mol. The smallest absolute Gasteiger partial charge is 0.244 e. The lowest BCUT2D eigenvalue weighted by Gasteiger charge is -2.39. The second kappa shape index (κ2) is 4.88. The number of rotatable bonds is 3. The zero-order valence-corrected chi connectivity index (χ0v) is 12.7. The fraction of sp³-hybridized carbons (Fsp3) is 0.750. The lowest BCUT2D eigenvalue weighted by Crippen LogP contribution is -2.54. The number of hydrogen-bond acceptors (Lipinski definition) is 4. The molecule has 1 fully saturated rings. The fourth-order valence-electron chi connectivity index (χ4n) is 2.57. The van der Waals surface area contributed by atoms with Crippen molar-refractivity contribution in [2.45, 2.75) is 45.1 Å². The Bertz CT molecular complexity index is 543. The maximum atomic E-state index is 12.5. The molecule has 0 radical (unpaired) electrons. The Morgan fingerprint density at radius 1 is 1.37 bits per heavy atom. The van der Waals surface area contributed by atoms with Gasteiger partial charge in [0.15, 0.2) is 0 Å². The van der Waals surface area contributed by atoms with E-state index < -0.39 is 10.0 Å². The molecule has 1 aliphatic rings. The molecule has 1 aromatic rings. The first kappa shape index (κ1) is 14.5. The number of H-pyrrole nitrogens is 1. The highest BCUT2D eigenvalue weighted by molar-refractivity contribution is 7.89. The number of aromatic nitrogens is 2. The molecule has 1 unspecified atom stereocenters. The molecule has 0 aliphatic carbocycles. The zero-order chi connectivity index (χ0) is 14.3. The van der Waals surface area contributed by atoms with E-state index in [2.05, 4.69) is 34.1 Å². The molecule has 0 spiro atoms. The molecule has 0 bridgehead atoms. The number of sulfonamides is 1. The monoisotopic (exact) mass is 286 g/mol. The Balaban J connectivity index is 2.27. The van der Waals surface area contributed by atoms with Gasteiger partial charge in [-0.1, -0.05) is 13.8 Å². The topological polar surface area (TPSA) is 86.9 Å². The number of nitrogens with zero attached hydrogens (tertiary/aromatic N) is 1. The van der Waals surface area contributed by atoms with Crippen molar-refractivity contribution in [3.8, 4) is 0 Å². The van der Waals surface area contributed by atoms with Crippen molar-refractivity contribution in [3.05, 3.63) is 11.4 Å². The Morgan fingerprint density at radius 2 is 2.05 bits per heavy atom. The minimum Gasteiger partial charge on any atom is -0.316 e. The second-order valence-electron chi connectivity index (χ2n) is 5.89. The SMILES string of the molecule is Cc1n[nH]c(C)c1S(=O)(=O)NC1CCNCC1(C)C. The number of hydrogen-bond donors (Lipinski definition) is 3. The van der Waals surface area contributed by atoms with Gasteiger partial charge in [-0.05, 0) is 32.2 Å². The van der Waals surface area contributed by atoms with Crippen LogP contribution in [0.15, 0.2) is 4.90 Å². The summed E-state index contributed by atoms with van der Waals surface area (Å²) in [7, 11) is -3.52. The third-order valence-electron chi connectivity index (χ3n) is 3.76. The molecule has 0 saturated carbocycles. The highest BCUT2D eigenvalue weighted by Crippen LogP contribution is 2.27. The van der Waals surface area contributed by atoms with Crippen LogP contribution >= 0.6 is 0 Å². The van der Waals surface area contributed by atoms with Gasteiger partial charge in [0.05, 0.1) is 11.4 Å². The highest BCUT2D eigenvalue weighted by atomic mass is 32.2. The number of aromatic amines is 1. The zero-order valence-electron chi connectivity index (χ0n) is 11.9. The van der Waals surface area contributed by atoms with Crippen LogP contribution in [0.25, 0.3) is 0 Å². The Hall–Kier alpha value is -0.920. The normalized spacial score (nSPS) is 23.5. The van der Waals surface area contributed by atoms with E-state index in [0.717, 1.165) is 19.5 Å². The summed E-state index contributed by atoms with van der Waals surface area (Å²) in [5, 5.41) is 9.97. The van der Waals surface area contributed by atoms with E-state index >= 15 is 0 Å². The van der Waals surface area contributed by atoms with Gasteiger partial charge >= 0.3 is 0 Å². The second-order valence-corrected chi connectivity index (χ2v) is 7.54. The van der Waals surface area contributed by atoms with E-state index in [4.69, 9.17) is 0 Å². The highest BCUT2D eigenvalue weighted by Gasteiger charge is 2.36. The third kappa shape index (κ3) is 2.82. The van der Waals surface area contributed by atoms with Crippen LogP contribution in [0.2, 0.25) is 0 Å². The Morgan fingerprint density at radius 3 is 2.58 bits per heavy atom. The molecular formula is C12H22N4O2S. The standard InChI is InChI=1S/C12H22N4O2S/c1-8-11(9(2)15-14-8)19(17,18)16-10-5-6-13-7-12(10,3)4/h10,13,16H,5-7H2,1-4H3,(H,14,15). The summed E-state index contributed by atoms with van der Waals surface area (Å²) in [6.45, 7) is 9.21. The average Bonchev–Trinajstić information content (AvgIpc) is 2.62. The van der Waals surface area contributed by atoms with Gasteiger partial charge in [-0.15, -0.1) is 0 Å². The lowest BCUT2D eigenvalue weighted by atomic mass is 9.81. The number of piperidine rings is 1. The van der Waals surface area contributed by atoms with Gasteiger partial charge in [-0.3, -0.25) is 5.10 Å². The summed E-state index contributed by atoms with van der Waals surface area (Å²) >= 11 is 0. The Kier molecular flexibility index (Phi) is 3.72. The molecule has 2 rings (SSSR count). The third-order valence-corrected chi connectivity index (χ3v) is 5.49. The van der Waals surface area contributed by atoms with Crippen LogP contribution in [0.3, 0.4) is 0 Å². The molecule has 1 aliphatic heterocycles. The van der Waals surface area contributed by atoms with Crippen molar-refractivity contribution in [1.82, 2.24) is 20.2 Å². The number of nitrogens with one attached hydrogen (secondary N) is 3. The maximum Gasteiger partial charge on any atom is 0.244 e. The van der Waals surface area contributed by atoms with Crippen molar-refractivity contribution in [2.24, 2.45) is 5.41 Å². The Labute approximate surface area is 114 Å². The van der Waals surface area contributed by atoms with Gasteiger partial charge in [0.25, 0.3) is 0 Å². The first-order chi connectivity index (χ1) is 8.74. The summed E-state index contributed by atoms with van der Waals surface area (Å²) < 4.78 is 27.8. The van der Waals surface area contributed by atoms with Crippen molar-refractivity contribution >= 4 is 10.0 Å². The van der Waals surface area contributed by atoms with Gasteiger partial charge < -0.3 is 5.32 Å². The van der Waals surface area contributed by atoms with Crippen LogP contribution in [0, 0.1) is 19.3 Å². The molecule has 1 saturated heterocycles. The molecule has 6 nitrogen and oxygen atoms in total. The largest absolute Gasteiger partial charge is 0.316 e. The van der Waals surface area contributed by atoms with Crippen LogP contribution in [-0.2, 0) is 10.0 Å². The summed E-state index contributed by atoms with van der Waals surface area (Å²) in [6, 6.07) is -0.0625. The fourth-order valence-corrected chi connectivity index (χ4v) is 4.38. The quantitative estimate of drug-likeness (QED) is 0.763. The minimum absolute atomic E-state index is 0.0625. The molecule has 1 aromatic heterocycles. The van der Waals surface area contributed by atoms with Crippen LogP contribution in [0.1, 0.15) is 31.7 Å². The first-order valence-corrected chi connectivity index (χ1v) is 7.97. The molecule has 0 amide bonds. The van der Waals surface area contributed by atoms with Crippen molar-refractivity contribution in [3.63, 3.8) is 0 Å². The van der Waals surface area contributed by atoms with Gasteiger partial charge in [-0.25, -0.2) is 13.1 Å². The summed E-state index contributed by atoms with van der Waals surface area (Å²) in [4.78, 5) is 0.279.